The lowest BCUT2D eigenvalue weighted by Crippen LogP contribution is -1.95. The number of rotatable bonds is 4. The molecular formula is C21H12N2O3. The Bertz CT molecular complexity index is 1080. The van der Waals surface area contributed by atoms with Crippen LogP contribution in [0.15, 0.2) is 65.1 Å². The van der Waals surface area contributed by atoms with Gasteiger partial charge in [0.25, 0.3) is 0 Å². The van der Waals surface area contributed by atoms with E-state index in [0.717, 1.165) is 0 Å². The first-order chi connectivity index (χ1) is 12.6. The topological polar surface area (TPSA) is 98.0 Å². The third-order valence-corrected chi connectivity index (χ3v) is 3.79. The number of aromatic carboxylic acids is 1. The molecule has 0 unspecified atom stereocenters. The van der Waals surface area contributed by atoms with Crippen LogP contribution < -0.4 is 0 Å². The number of nitrogens with zero attached hydrogens (tertiary/aromatic N) is 2. The molecule has 0 bridgehead atoms. The molecule has 0 spiro atoms. The highest BCUT2D eigenvalue weighted by Crippen LogP contribution is 2.27. The van der Waals surface area contributed by atoms with Crippen molar-refractivity contribution in [1.29, 1.82) is 10.5 Å². The number of allylic oxidation sites excluding steroid dienone is 1. The summed E-state index contributed by atoms with van der Waals surface area (Å²) in [6.45, 7) is 0. The standard InChI is InChI=1S/C21H12N2O3/c22-12-16-3-1-2-4-19(16)20-10-9-18(26-20)11-17(13-23)14-5-7-15(8-6-14)21(24)25/h1-11H,(H,24,25)/b17-11-. The molecule has 0 saturated heterocycles. The summed E-state index contributed by atoms with van der Waals surface area (Å²) in [5.41, 5.74) is 2.27. The van der Waals surface area contributed by atoms with E-state index in [1.54, 1.807) is 48.5 Å². The highest BCUT2D eigenvalue weighted by molar-refractivity contribution is 5.91. The summed E-state index contributed by atoms with van der Waals surface area (Å²) in [6.07, 6.45) is 1.58. The van der Waals surface area contributed by atoms with Gasteiger partial charge in [-0.05, 0) is 48.0 Å². The van der Waals surface area contributed by atoms with Gasteiger partial charge in [0.1, 0.15) is 11.5 Å². The SMILES string of the molecule is N#C/C(=C/c1ccc(-c2ccccc2C#N)o1)c1ccc(C(=O)O)cc1. The van der Waals surface area contributed by atoms with Crippen molar-refractivity contribution >= 4 is 17.6 Å². The number of hydrogen-bond acceptors (Lipinski definition) is 4. The van der Waals surface area contributed by atoms with Crippen LogP contribution in [0.3, 0.4) is 0 Å². The lowest BCUT2D eigenvalue weighted by atomic mass is 10.0. The first-order valence-corrected chi connectivity index (χ1v) is 7.67. The third-order valence-electron chi connectivity index (χ3n) is 3.79. The largest absolute Gasteiger partial charge is 0.478 e. The first-order valence-electron chi connectivity index (χ1n) is 7.67. The van der Waals surface area contributed by atoms with Crippen LogP contribution in [0.1, 0.15) is 27.2 Å². The van der Waals surface area contributed by atoms with Crippen LogP contribution in [0.4, 0.5) is 0 Å². The number of carboxylic acid groups (broad SMARTS) is 1. The van der Waals surface area contributed by atoms with Crippen molar-refractivity contribution in [2.24, 2.45) is 0 Å². The Morgan fingerprint density at radius 3 is 2.31 bits per heavy atom. The molecule has 0 aliphatic carbocycles. The monoisotopic (exact) mass is 340 g/mol. The Balaban J connectivity index is 1.94. The van der Waals surface area contributed by atoms with Gasteiger partial charge in [-0.3, -0.25) is 0 Å². The number of furan rings is 1. The number of hydrogen-bond donors (Lipinski definition) is 1. The zero-order chi connectivity index (χ0) is 18.5. The van der Waals surface area contributed by atoms with Crippen molar-refractivity contribution in [1.82, 2.24) is 0 Å². The molecule has 124 valence electrons. The summed E-state index contributed by atoms with van der Waals surface area (Å²) in [6, 6.07) is 20.8. The van der Waals surface area contributed by atoms with E-state index >= 15 is 0 Å². The van der Waals surface area contributed by atoms with Crippen molar-refractivity contribution < 1.29 is 14.3 Å². The van der Waals surface area contributed by atoms with Gasteiger partial charge in [0.2, 0.25) is 0 Å². The van der Waals surface area contributed by atoms with E-state index in [0.29, 0.717) is 33.8 Å². The van der Waals surface area contributed by atoms with Gasteiger partial charge < -0.3 is 9.52 Å². The summed E-state index contributed by atoms with van der Waals surface area (Å²) in [5.74, 6) is -0.0237. The quantitative estimate of drug-likeness (QED) is 0.701. The molecule has 3 aromatic rings. The zero-order valence-electron chi connectivity index (χ0n) is 13.5. The second-order valence-electron chi connectivity index (χ2n) is 5.41. The molecule has 0 amide bonds. The second-order valence-corrected chi connectivity index (χ2v) is 5.41. The van der Waals surface area contributed by atoms with Crippen molar-refractivity contribution in [2.75, 3.05) is 0 Å². The average Bonchev–Trinajstić information content (AvgIpc) is 3.14. The molecule has 1 N–H and O–H groups in total. The average molecular weight is 340 g/mol. The van der Waals surface area contributed by atoms with Gasteiger partial charge in [0.15, 0.2) is 0 Å². The molecule has 0 radical (unpaired) electrons. The predicted octanol–water partition coefficient (Wildman–Crippen LogP) is 4.58. The summed E-state index contributed by atoms with van der Waals surface area (Å²) >= 11 is 0. The van der Waals surface area contributed by atoms with Gasteiger partial charge in [0.05, 0.1) is 28.8 Å². The minimum atomic E-state index is -1.02. The van der Waals surface area contributed by atoms with Gasteiger partial charge in [-0.25, -0.2) is 4.79 Å². The fourth-order valence-electron chi connectivity index (χ4n) is 2.49. The van der Waals surface area contributed by atoms with Crippen molar-refractivity contribution in [2.45, 2.75) is 0 Å². The molecule has 5 heteroatoms. The van der Waals surface area contributed by atoms with E-state index < -0.39 is 5.97 Å². The van der Waals surface area contributed by atoms with Gasteiger partial charge in [0, 0.05) is 5.56 Å². The summed E-state index contributed by atoms with van der Waals surface area (Å²) in [7, 11) is 0. The third kappa shape index (κ3) is 3.38. The highest BCUT2D eigenvalue weighted by atomic mass is 16.4. The summed E-state index contributed by atoms with van der Waals surface area (Å²) in [4.78, 5) is 10.9. The van der Waals surface area contributed by atoms with Crippen LogP contribution >= 0.6 is 0 Å². The van der Waals surface area contributed by atoms with Crippen LogP contribution in [0.2, 0.25) is 0 Å². The second kappa shape index (κ2) is 7.21. The van der Waals surface area contributed by atoms with Crippen LogP contribution in [0, 0.1) is 22.7 Å². The molecule has 0 atom stereocenters. The van der Waals surface area contributed by atoms with Crippen LogP contribution in [0.5, 0.6) is 0 Å². The van der Waals surface area contributed by atoms with Crippen molar-refractivity contribution in [3.8, 4) is 23.5 Å². The lowest BCUT2D eigenvalue weighted by Gasteiger charge is -2.01. The van der Waals surface area contributed by atoms with Crippen molar-refractivity contribution in [3.63, 3.8) is 0 Å². The van der Waals surface area contributed by atoms with Crippen LogP contribution in [-0.4, -0.2) is 11.1 Å². The molecule has 26 heavy (non-hydrogen) atoms. The number of carbonyl (C=O) groups is 1. The molecule has 1 aromatic heterocycles. The predicted molar refractivity (Wildman–Crippen MR) is 95.7 cm³/mol. The maximum absolute atomic E-state index is 10.9. The Kier molecular flexibility index (Phi) is 4.65. The van der Waals surface area contributed by atoms with E-state index in [4.69, 9.17) is 9.52 Å². The number of carboxylic acids is 1. The molecule has 2 aromatic carbocycles. The molecule has 3 rings (SSSR count). The number of benzene rings is 2. The van der Waals surface area contributed by atoms with E-state index in [1.165, 1.54) is 12.1 Å². The molecule has 0 fully saturated rings. The zero-order valence-corrected chi connectivity index (χ0v) is 13.5. The number of nitriles is 2. The molecule has 1 heterocycles. The van der Waals surface area contributed by atoms with E-state index in [9.17, 15) is 15.3 Å². The van der Waals surface area contributed by atoms with Gasteiger partial charge in [-0.2, -0.15) is 10.5 Å². The van der Waals surface area contributed by atoms with Gasteiger partial charge >= 0.3 is 5.97 Å². The molecule has 0 saturated carbocycles. The maximum Gasteiger partial charge on any atom is 0.335 e. The van der Waals surface area contributed by atoms with Crippen molar-refractivity contribution in [3.05, 3.63) is 83.1 Å². The minimum Gasteiger partial charge on any atom is -0.478 e. The fourth-order valence-corrected chi connectivity index (χ4v) is 2.49. The van der Waals surface area contributed by atoms with Gasteiger partial charge in [-0.15, -0.1) is 0 Å². The first kappa shape index (κ1) is 16.8. The van der Waals surface area contributed by atoms with E-state index in [2.05, 4.69) is 12.1 Å². The van der Waals surface area contributed by atoms with E-state index in [1.807, 2.05) is 6.07 Å². The molecular weight excluding hydrogens is 328 g/mol. The van der Waals surface area contributed by atoms with Crippen LogP contribution in [0.25, 0.3) is 23.0 Å². The highest BCUT2D eigenvalue weighted by Gasteiger charge is 2.10. The smallest absolute Gasteiger partial charge is 0.335 e. The Morgan fingerprint density at radius 1 is 0.962 bits per heavy atom. The minimum absolute atomic E-state index is 0.152. The molecule has 5 nitrogen and oxygen atoms in total. The Labute approximate surface area is 149 Å². The molecule has 0 aliphatic heterocycles. The molecule has 0 aliphatic rings. The summed E-state index contributed by atoms with van der Waals surface area (Å²) < 4.78 is 5.76. The lowest BCUT2D eigenvalue weighted by molar-refractivity contribution is 0.0697. The van der Waals surface area contributed by atoms with E-state index in [-0.39, 0.29) is 5.56 Å². The maximum atomic E-state index is 10.9. The normalized spacial score (nSPS) is 10.8. The van der Waals surface area contributed by atoms with Gasteiger partial charge in [-0.1, -0.05) is 24.3 Å². The fraction of sp³-hybridized carbons (Fsp3) is 0. The van der Waals surface area contributed by atoms with Crippen LogP contribution in [-0.2, 0) is 0 Å². The Hall–Kier alpha value is -4.09. The summed E-state index contributed by atoms with van der Waals surface area (Å²) in [5, 5.41) is 27.5. The Morgan fingerprint density at radius 2 is 1.65 bits per heavy atom.